The average Bonchev–Trinajstić information content (AvgIpc) is 3.06. The molecule has 0 atom stereocenters. The van der Waals surface area contributed by atoms with Gasteiger partial charge in [0.1, 0.15) is 23.2 Å². The number of hydrogen-bond donors (Lipinski definition) is 1. The standard InChI is InChI=1S/C18H15ClN2O4/c1-2-7-24-18(23)14-9-11(3-5-15(14)19)16-6-4-13(25-16)8-12(10-20)17(21)22/h3-6,8-9H,2,7H2,1H3,(H2,21,22)/b12-8+. The van der Waals surface area contributed by atoms with Crippen molar-refractivity contribution in [2.75, 3.05) is 6.61 Å². The molecule has 7 heteroatoms. The van der Waals surface area contributed by atoms with Crippen molar-refractivity contribution in [1.82, 2.24) is 0 Å². The molecular formula is C18H15ClN2O4. The fourth-order valence-electron chi connectivity index (χ4n) is 1.99. The number of nitriles is 1. The van der Waals surface area contributed by atoms with Crippen molar-refractivity contribution in [3.63, 3.8) is 0 Å². The number of esters is 1. The van der Waals surface area contributed by atoms with Gasteiger partial charge in [-0.05, 0) is 36.8 Å². The molecule has 2 N–H and O–H groups in total. The van der Waals surface area contributed by atoms with E-state index in [0.717, 1.165) is 0 Å². The van der Waals surface area contributed by atoms with Crippen molar-refractivity contribution < 1.29 is 18.7 Å². The summed E-state index contributed by atoms with van der Waals surface area (Å²) in [4.78, 5) is 23.1. The van der Waals surface area contributed by atoms with Gasteiger partial charge in [-0.25, -0.2) is 4.79 Å². The number of ether oxygens (including phenoxy) is 1. The van der Waals surface area contributed by atoms with Crippen LogP contribution < -0.4 is 5.73 Å². The van der Waals surface area contributed by atoms with Gasteiger partial charge in [-0.1, -0.05) is 18.5 Å². The summed E-state index contributed by atoms with van der Waals surface area (Å²) in [5.74, 6) is -0.626. The van der Waals surface area contributed by atoms with Gasteiger partial charge in [-0.3, -0.25) is 4.79 Å². The van der Waals surface area contributed by atoms with Gasteiger partial charge < -0.3 is 14.9 Å². The molecule has 0 bridgehead atoms. The van der Waals surface area contributed by atoms with Crippen molar-refractivity contribution in [2.24, 2.45) is 5.73 Å². The van der Waals surface area contributed by atoms with Crippen LogP contribution in [0, 0.1) is 11.3 Å². The molecule has 1 aromatic heterocycles. The zero-order chi connectivity index (χ0) is 18.4. The third kappa shape index (κ3) is 4.49. The van der Waals surface area contributed by atoms with Gasteiger partial charge in [0, 0.05) is 11.6 Å². The highest BCUT2D eigenvalue weighted by Gasteiger charge is 2.15. The largest absolute Gasteiger partial charge is 0.462 e. The van der Waals surface area contributed by atoms with E-state index in [1.807, 2.05) is 6.92 Å². The Bertz CT molecular complexity index is 877. The van der Waals surface area contributed by atoms with Crippen molar-refractivity contribution >= 4 is 29.6 Å². The highest BCUT2D eigenvalue weighted by molar-refractivity contribution is 6.33. The number of carbonyl (C=O) groups is 2. The van der Waals surface area contributed by atoms with Crippen LogP contribution in [0.25, 0.3) is 17.4 Å². The molecule has 25 heavy (non-hydrogen) atoms. The van der Waals surface area contributed by atoms with Gasteiger partial charge in [0.15, 0.2) is 0 Å². The Balaban J connectivity index is 2.33. The number of benzene rings is 1. The Hall–Kier alpha value is -3.04. The normalized spacial score (nSPS) is 11.0. The van der Waals surface area contributed by atoms with Crippen LogP contribution in [0.15, 0.2) is 40.3 Å². The van der Waals surface area contributed by atoms with Crippen LogP contribution in [0.5, 0.6) is 0 Å². The molecule has 0 aliphatic carbocycles. The maximum atomic E-state index is 12.0. The maximum absolute atomic E-state index is 12.0. The fourth-order valence-corrected chi connectivity index (χ4v) is 2.19. The number of furan rings is 1. The Morgan fingerprint density at radius 2 is 2.12 bits per heavy atom. The van der Waals surface area contributed by atoms with E-state index in [0.29, 0.717) is 24.4 Å². The monoisotopic (exact) mass is 358 g/mol. The molecule has 0 spiro atoms. The van der Waals surface area contributed by atoms with E-state index in [1.165, 1.54) is 6.08 Å². The van der Waals surface area contributed by atoms with E-state index >= 15 is 0 Å². The highest BCUT2D eigenvalue weighted by Crippen LogP contribution is 2.28. The Morgan fingerprint density at radius 1 is 1.36 bits per heavy atom. The highest BCUT2D eigenvalue weighted by atomic mass is 35.5. The summed E-state index contributed by atoms with van der Waals surface area (Å²) >= 11 is 6.06. The third-order valence-electron chi connectivity index (χ3n) is 3.21. The van der Waals surface area contributed by atoms with Crippen LogP contribution >= 0.6 is 11.6 Å². The minimum absolute atomic E-state index is 0.221. The van der Waals surface area contributed by atoms with Crippen LogP contribution in [0.4, 0.5) is 0 Å². The molecule has 1 amide bonds. The molecule has 2 aromatic rings. The lowest BCUT2D eigenvalue weighted by atomic mass is 10.1. The predicted octanol–water partition coefficient (Wildman–Crippen LogP) is 3.56. The molecule has 0 aliphatic rings. The van der Waals surface area contributed by atoms with Crippen LogP contribution in [0.2, 0.25) is 5.02 Å². The number of carbonyl (C=O) groups excluding carboxylic acids is 2. The Morgan fingerprint density at radius 3 is 2.76 bits per heavy atom. The quantitative estimate of drug-likeness (QED) is 0.482. The SMILES string of the molecule is CCCOC(=O)c1cc(-c2ccc(/C=C(\C#N)C(N)=O)o2)ccc1Cl. The minimum atomic E-state index is -0.840. The number of amides is 1. The Kier molecular flexibility index (Phi) is 5.98. The minimum Gasteiger partial charge on any atom is -0.462 e. The summed E-state index contributed by atoms with van der Waals surface area (Å²) in [6.07, 6.45) is 1.95. The van der Waals surface area contributed by atoms with Crippen LogP contribution in [0.3, 0.4) is 0 Å². The number of primary amides is 1. The van der Waals surface area contributed by atoms with Gasteiger partial charge in [0.05, 0.1) is 17.2 Å². The van der Waals surface area contributed by atoms with Crippen molar-refractivity contribution in [3.05, 3.63) is 52.3 Å². The van der Waals surface area contributed by atoms with E-state index in [4.69, 9.17) is 31.8 Å². The second kappa shape index (κ2) is 8.18. The Labute approximate surface area is 149 Å². The van der Waals surface area contributed by atoms with E-state index in [1.54, 1.807) is 36.4 Å². The van der Waals surface area contributed by atoms with E-state index in [2.05, 4.69) is 0 Å². The third-order valence-corrected chi connectivity index (χ3v) is 3.54. The molecule has 0 saturated heterocycles. The predicted molar refractivity (Wildman–Crippen MR) is 92.5 cm³/mol. The van der Waals surface area contributed by atoms with Gasteiger partial charge in [0.2, 0.25) is 0 Å². The zero-order valence-electron chi connectivity index (χ0n) is 13.4. The molecule has 0 unspecified atom stereocenters. The number of nitrogens with zero attached hydrogens (tertiary/aromatic N) is 1. The molecule has 0 radical (unpaired) electrons. The first kappa shape index (κ1) is 18.3. The van der Waals surface area contributed by atoms with Gasteiger partial charge in [-0.15, -0.1) is 0 Å². The second-order valence-electron chi connectivity index (χ2n) is 5.07. The maximum Gasteiger partial charge on any atom is 0.339 e. The number of nitrogens with two attached hydrogens (primary N) is 1. The van der Waals surface area contributed by atoms with E-state index in [9.17, 15) is 9.59 Å². The summed E-state index contributed by atoms with van der Waals surface area (Å²) < 4.78 is 10.7. The summed E-state index contributed by atoms with van der Waals surface area (Å²) in [6, 6.07) is 9.74. The average molecular weight is 359 g/mol. The number of hydrogen-bond acceptors (Lipinski definition) is 5. The fraction of sp³-hybridized carbons (Fsp3) is 0.167. The first-order valence-electron chi connectivity index (χ1n) is 7.44. The molecular weight excluding hydrogens is 344 g/mol. The molecule has 0 aliphatic heterocycles. The smallest absolute Gasteiger partial charge is 0.339 e. The lowest BCUT2D eigenvalue weighted by Crippen LogP contribution is -2.12. The molecule has 128 valence electrons. The summed E-state index contributed by atoms with van der Waals surface area (Å²) in [7, 11) is 0. The first-order chi connectivity index (χ1) is 12.0. The molecule has 0 saturated carbocycles. The summed E-state index contributed by atoms with van der Waals surface area (Å²) in [5.41, 5.74) is 5.70. The van der Waals surface area contributed by atoms with Gasteiger partial charge >= 0.3 is 5.97 Å². The lowest BCUT2D eigenvalue weighted by Gasteiger charge is -2.06. The molecule has 1 aromatic carbocycles. The zero-order valence-corrected chi connectivity index (χ0v) is 14.2. The summed E-state index contributed by atoms with van der Waals surface area (Å²) in [6.45, 7) is 2.20. The number of rotatable bonds is 6. The van der Waals surface area contributed by atoms with E-state index in [-0.39, 0.29) is 21.9 Å². The van der Waals surface area contributed by atoms with Gasteiger partial charge in [-0.2, -0.15) is 5.26 Å². The second-order valence-corrected chi connectivity index (χ2v) is 5.47. The van der Waals surface area contributed by atoms with Crippen LogP contribution in [0.1, 0.15) is 29.5 Å². The van der Waals surface area contributed by atoms with Crippen molar-refractivity contribution in [1.29, 1.82) is 5.26 Å². The first-order valence-corrected chi connectivity index (χ1v) is 7.82. The molecule has 1 heterocycles. The lowest BCUT2D eigenvalue weighted by molar-refractivity contribution is -0.114. The molecule has 6 nitrogen and oxygen atoms in total. The molecule has 2 rings (SSSR count). The van der Waals surface area contributed by atoms with Crippen molar-refractivity contribution in [3.8, 4) is 17.4 Å². The van der Waals surface area contributed by atoms with Crippen molar-refractivity contribution in [2.45, 2.75) is 13.3 Å². The van der Waals surface area contributed by atoms with Gasteiger partial charge in [0.25, 0.3) is 5.91 Å². The van der Waals surface area contributed by atoms with E-state index < -0.39 is 11.9 Å². The number of halogens is 1. The van der Waals surface area contributed by atoms with Crippen LogP contribution in [-0.2, 0) is 9.53 Å². The molecule has 0 fully saturated rings. The topological polar surface area (TPSA) is 106 Å². The van der Waals surface area contributed by atoms with Crippen LogP contribution in [-0.4, -0.2) is 18.5 Å². The summed E-state index contributed by atoms with van der Waals surface area (Å²) in [5, 5.41) is 9.13.